The van der Waals surface area contributed by atoms with Crippen LogP contribution in [0.3, 0.4) is 0 Å². The minimum absolute atomic E-state index is 0.454. The summed E-state index contributed by atoms with van der Waals surface area (Å²) in [6, 6.07) is 3.79. The van der Waals surface area contributed by atoms with Gasteiger partial charge in [-0.15, -0.1) is 0 Å². The van der Waals surface area contributed by atoms with E-state index in [9.17, 15) is 0 Å². The smallest absolute Gasteiger partial charge is 0.179 e. The van der Waals surface area contributed by atoms with Crippen LogP contribution in [0.15, 0.2) is 12.1 Å². The summed E-state index contributed by atoms with van der Waals surface area (Å²) in [7, 11) is 3.48. The Morgan fingerprint density at radius 3 is 2.67 bits per heavy atom. The number of rotatable bonds is 8. The van der Waals surface area contributed by atoms with Crippen LogP contribution in [0.2, 0.25) is 5.02 Å². The lowest BCUT2D eigenvalue weighted by atomic mass is 10.2. The van der Waals surface area contributed by atoms with Crippen LogP contribution >= 0.6 is 11.6 Å². The lowest BCUT2D eigenvalue weighted by molar-refractivity contribution is 0.109. The van der Waals surface area contributed by atoms with Crippen LogP contribution in [0, 0.1) is 0 Å². The van der Waals surface area contributed by atoms with Crippen LogP contribution in [0.4, 0.5) is 0 Å². The zero-order valence-corrected chi connectivity index (χ0v) is 11.8. The van der Waals surface area contributed by atoms with Gasteiger partial charge in [0.1, 0.15) is 6.61 Å². The van der Waals surface area contributed by atoms with E-state index in [4.69, 9.17) is 25.8 Å². The van der Waals surface area contributed by atoms with Gasteiger partial charge in [-0.1, -0.05) is 11.6 Å². The van der Waals surface area contributed by atoms with Crippen molar-refractivity contribution in [1.82, 2.24) is 5.32 Å². The van der Waals surface area contributed by atoms with Gasteiger partial charge < -0.3 is 19.5 Å². The van der Waals surface area contributed by atoms with Gasteiger partial charge in [0.15, 0.2) is 11.5 Å². The summed E-state index contributed by atoms with van der Waals surface area (Å²) in [4.78, 5) is 0. The number of ether oxygens (including phenoxy) is 3. The third kappa shape index (κ3) is 4.37. The van der Waals surface area contributed by atoms with Gasteiger partial charge in [-0.2, -0.15) is 0 Å². The first-order valence-corrected chi connectivity index (χ1v) is 6.32. The van der Waals surface area contributed by atoms with E-state index in [1.807, 2.05) is 26.1 Å². The molecule has 18 heavy (non-hydrogen) atoms. The zero-order chi connectivity index (χ0) is 13.4. The van der Waals surface area contributed by atoms with Crippen molar-refractivity contribution in [3.05, 3.63) is 22.7 Å². The van der Waals surface area contributed by atoms with Crippen LogP contribution in [0.25, 0.3) is 0 Å². The average molecular weight is 274 g/mol. The van der Waals surface area contributed by atoms with E-state index in [1.165, 1.54) is 0 Å². The Hall–Kier alpha value is -0.970. The molecule has 0 atom stereocenters. The largest absolute Gasteiger partial charge is 0.493 e. The molecule has 0 saturated carbocycles. The maximum Gasteiger partial charge on any atom is 0.179 e. The summed E-state index contributed by atoms with van der Waals surface area (Å²) in [6.07, 6.45) is 0. The Kier molecular flexibility index (Phi) is 6.86. The molecule has 102 valence electrons. The van der Waals surface area contributed by atoms with Gasteiger partial charge in [0.2, 0.25) is 0 Å². The molecule has 0 unspecified atom stereocenters. The summed E-state index contributed by atoms with van der Waals surface area (Å²) >= 11 is 6.19. The molecule has 0 radical (unpaired) electrons. The van der Waals surface area contributed by atoms with Gasteiger partial charge in [-0.25, -0.2) is 0 Å². The predicted molar refractivity (Wildman–Crippen MR) is 72.8 cm³/mol. The van der Waals surface area contributed by atoms with E-state index in [-0.39, 0.29) is 0 Å². The lowest BCUT2D eigenvalue weighted by Crippen LogP contribution is -2.09. The highest BCUT2D eigenvalue weighted by molar-refractivity contribution is 6.32. The van der Waals surface area contributed by atoms with Gasteiger partial charge in [0.05, 0.1) is 18.7 Å². The molecule has 4 nitrogen and oxygen atoms in total. The molecule has 1 rings (SSSR count). The van der Waals surface area contributed by atoms with Gasteiger partial charge in [0, 0.05) is 13.2 Å². The Labute approximate surface area is 113 Å². The average Bonchev–Trinajstić information content (AvgIpc) is 2.36. The van der Waals surface area contributed by atoms with Crippen molar-refractivity contribution < 1.29 is 14.2 Å². The van der Waals surface area contributed by atoms with E-state index < -0.39 is 0 Å². The third-order valence-electron chi connectivity index (χ3n) is 2.35. The second-order valence-electron chi connectivity index (χ2n) is 3.68. The minimum atomic E-state index is 0.454. The van der Waals surface area contributed by atoms with Gasteiger partial charge in [-0.3, -0.25) is 0 Å². The lowest BCUT2D eigenvalue weighted by Gasteiger charge is -2.14. The van der Waals surface area contributed by atoms with Crippen molar-refractivity contribution in [2.24, 2.45) is 0 Å². The number of nitrogens with one attached hydrogen (secondary N) is 1. The molecule has 1 N–H and O–H groups in total. The van der Waals surface area contributed by atoms with Crippen LogP contribution in [0.1, 0.15) is 12.5 Å². The summed E-state index contributed by atoms with van der Waals surface area (Å²) in [5.74, 6) is 1.21. The van der Waals surface area contributed by atoms with Crippen molar-refractivity contribution >= 4 is 11.6 Å². The number of benzene rings is 1. The Bertz CT molecular complexity index is 371. The Morgan fingerprint density at radius 1 is 1.28 bits per heavy atom. The molecule has 0 aliphatic carbocycles. The van der Waals surface area contributed by atoms with Crippen LogP contribution in [0.5, 0.6) is 11.5 Å². The molecule has 1 aromatic rings. The highest BCUT2D eigenvalue weighted by Gasteiger charge is 2.11. The van der Waals surface area contributed by atoms with Crippen LogP contribution in [-0.4, -0.2) is 34.0 Å². The quantitative estimate of drug-likeness (QED) is 0.739. The predicted octanol–water partition coefficient (Wildman–Crippen LogP) is 2.48. The molecule has 0 aliphatic heterocycles. The maximum atomic E-state index is 6.19. The fraction of sp³-hybridized carbons (Fsp3) is 0.538. The number of hydrogen-bond acceptors (Lipinski definition) is 4. The molecule has 0 aliphatic rings. The van der Waals surface area contributed by atoms with E-state index in [2.05, 4.69) is 5.32 Å². The first-order chi connectivity index (χ1) is 8.72. The minimum Gasteiger partial charge on any atom is -0.493 e. The molecule has 0 amide bonds. The van der Waals surface area contributed by atoms with Crippen LogP contribution < -0.4 is 14.8 Å². The zero-order valence-electron chi connectivity index (χ0n) is 11.1. The van der Waals surface area contributed by atoms with Crippen molar-refractivity contribution in [2.75, 3.05) is 34.0 Å². The molecule has 0 aromatic heterocycles. The molecule has 0 heterocycles. The summed E-state index contributed by atoms with van der Waals surface area (Å²) in [6.45, 7) is 4.34. The van der Waals surface area contributed by atoms with Crippen molar-refractivity contribution in [3.63, 3.8) is 0 Å². The highest BCUT2D eigenvalue weighted by atomic mass is 35.5. The molecular weight excluding hydrogens is 254 g/mol. The normalized spacial score (nSPS) is 10.4. The SMILES string of the molecule is CCOCCOc1c(Cl)cc(CNC)cc1OC. The first-order valence-electron chi connectivity index (χ1n) is 5.94. The summed E-state index contributed by atoms with van der Waals surface area (Å²) in [5, 5.41) is 3.62. The first kappa shape index (κ1) is 15.1. The molecular formula is C13H20ClNO3. The monoisotopic (exact) mass is 273 g/mol. The molecule has 0 bridgehead atoms. The molecule has 0 saturated heterocycles. The van der Waals surface area contributed by atoms with Crippen LogP contribution in [-0.2, 0) is 11.3 Å². The molecule has 5 heteroatoms. The molecule has 0 fully saturated rings. The second kappa shape index (κ2) is 8.19. The maximum absolute atomic E-state index is 6.19. The second-order valence-corrected chi connectivity index (χ2v) is 4.09. The fourth-order valence-electron chi connectivity index (χ4n) is 1.57. The standard InChI is InChI=1S/C13H20ClNO3/c1-4-17-5-6-18-13-11(14)7-10(9-15-2)8-12(13)16-3/h7-8,15H,4-6,9H2,1-3H3. The van der Waals surface area contributed by atoms with Crippen molar-refractivity contribution in [3.8, 4) is 11.5 Å². The summed E-state index contributed by atoms with van der Waals surface area (Å²) in [5.41, 5.74) is 1.05. The third-order valence-corrected chi connectivity index (χ3v) is 2.63. The Morgan fingerprint density at radius 2 is 2.06 bits per heavy atom. The van der Waals surface area contributed by atoms with Gasteiger partial charge in [0.25, 0.3) is 0 Å². The van der Waals surface area contributed by atoms with E-state index in [0.717, 1.165) is 12.1 Å². The van der Waals surface area contributed by atoms with E-state index in [0.29, 0.717) is 36.3 Å². The fourth-order valence-corrected chi connectivity index (χ4v) is 1.85. The number of halogens is 1. The van der Waals surface area contributed by atoms with Crippen molar-refractivity contribution in [1.29, 1.82) is 0 Å². The van der Waals surface area contributed by atoms with E-state index >= 15 is 0 Å². The van der Waals surface area contributed by atoms with Crippen molar-refractivity contribution in [2.45, 2.75) is 13.5 Å². The Balaban J connectivity index is 2.76. The van der Waals surface area contributed by atoms with Gasteiger partial charge >= 0.3 is 0 Å². The van der Waals surface area contributed by atoms with Gasteiger partial charge in [-0.05, 0) is 31.7 Å². The number of methoxy groups -OCH3 is 1. The molecule has 1 aromatic carbocycles. The highest BCUT2D eigenvalue weighted by Crippen LogP contribution is 2.36. The topological polar surface area (TPSA) is 39.7 Å². The molecule has 0 spiro atoms. The summed E-state index contributed by atoms with van der Waals surface area (Å²) < 4.78 is 16.1. The van der Waals surface area contributed by atoms with E-state index in [1.54, 1.807) is 7.11 Å². The number of hydrogen-bond donors (Lipinski definition) is 1.